The highest BCUT2D eigenvalue weighted by Gasteiger charge is 2.35. The SMILES string of the molecule is CCOC(=O)C1=C(C)N=c2s/c(=C\c3cc4c(cc3Br)OCO4)c(=O)n2[C@H]1c1ccc(-c2cc([N+](=O)[O-])ccc2C)o1. The minimum absolute atomic E-state index is 0.0841. The number of hydrogen-bond acceptors (Lipinski definition) is 10. The maximum atomic E-state index is 13.9. The average Bonchev–Trinajstić information content (AvgIpc) is 3.68. The molecule has 0 spiro atoms. The number of aryl methyl sites for hydroxylation is 1. The number of halogens is 1. The van der Waals surface area contributed by atoms with Crippen LogP contribution in [-0.2, 0) is 9.53 Å². The number of benzene rings is 2. The molecule has 13 heteroatoms. The summed E-state index contributed by atoms with van der Waals surface area (Å²) in [5, 5.41) is 11.4. The zero-order chi connectivity index (χ0) is 29.7. The lowest BCUT2D eigenvalue weighted by Crippen LogP contribution is -2.39. The molecule has 11 nitrogen and oxygen atoms in total. The van der Waals surface area contributed by atoms with Crippen molar-refractivity contribution < 1.29 is 28.3 Å². The first-order chi connectivity index (χ1) is 20.2. The lowest BCUT2D eigenvalue weighted by Gasteiger charge is -2.22. The second-order valence-electron chi connectivity index (χ2n) is 9.49. The van der Waals surface area contributed by atoms with Crippen molar-refractivity contribution in [1.29, 1.82) is 0 Å². The lowest BCUT2D eigenvalue weighted by molar-refractivity contribution is -0.384. The molecular formula is C29H22BrN3O8S. The Hall–Kier alpha value is -4.49. The summed E-state index contributed by atoms with van der Waals surface area (Å²) in [7, 11) is 0. The quantitative estimate of drug-likeness (QED) is 0.165. The van der Waals surface area contributed by atoms with Crippen molar-refractivity contribution in [3.63, 3.8) is 0 Å². The molecule has 0 N–H and O–H groups in total. The zero-order valence-corrected chi connectivity index (χ0v) is 24.9. The number of carbonyl (C=O) groups is 1. The Morgan fingerprint density at radius 3 is 2.71 bits per heavy atom. The number of fused-ring (bicyclic) bond motifs is 2. The van der Waals surface area contributed by atoms with E-state index in [0.29, 0.717) is 47.9 Å². The predicted molar refractivity (Wildman–Crippen MR) is 156 cm³/mol. The number of non-ortho nitro benzene ring substituents is 1. The van der Waals surface area contributed by atoms with E-state index in [2.05, 4.69) is 20.9 Å². The molecule has 42 heavy (non-hydrogen) atoms. The van der Waals surface area contributed by atoms with E-state index in [0.717, 1.165) is 5.56 Å². The Morgan fingerprint density at radius 1 is 1.21 bits per heavy atom. The maximum absolute atomic E-state index is 13.9. The molecule has 0 amide bonds. The molecule has 0 bridgehead atoms. The third-order valence-electron chi connectivity index (χ3n) is 6.89. The second-order valence-corrected chi connectivity index (χ2v) is 11.4. The monoisotopic (exact) mass is 651 g/mol. The van der Waals surface area contributed by atoms with E-state index < -0.39 is 16.9 Å². The average molecular weight is 652 g/mol. The highest BCUT2D eigenvalue weighted by Crippen LogP contribution is 2.38. The van der Waals surface area contributed by atoms with Crippen LogP contribution in [-0.4, -0.2) is 28.9 Å². The summed E-state index contributed by atoms with van der Waals surface area (Å²) in [4.78, 5) is 43.0. The van der Waals surface area contributed by atoms with Crippen molar-refractivity contribution in [2.45, 2.75) is 26.8 Å². The number of thiazole rings is 1. The van der Waals surface area contributed by atoms with Crippen LogP contribution in [0.5, 0.6) is 11.5 Å². The summed E-state index contributed by atoms with van der Waals surface area (Å²) in [5.41, 5.74) is 2.07. The van der Waals surface area contributed by atoms with E-state index in [1.807, 2.05) is 6.92 Å². The molecule has 0 fully saturated rings. The molecule has 1 atom stereocenters. The Balaban J connectivity index is 1.52. The van der Waals surface area contributed by atoms with Gasteiger partial charge in [0.2, 0.25) is 6.79 Å². The van der Waals surface area contributed by atoms with Crippen molar-refractivity contribution in [3.8, 4) is 22.8 Å². The molecule has 0 radical (unpaired) electrons. The number of allylic oxidation sites excluding steroid dienone is 1. The fraction of sp³-hybridized carbons (Fsp3) is 0.207. The van der Waals surface area contributed by atoms with Crippen molar-refractivity contribution in [1.82, 2.24) is 4.57 Å². The number of carbonyl (C=O) groups excluding carboxylic acids is 1. The van der Waals surface area contributed by atoms with Crippen molar-refractivity contribution in [3.05, 3.63) is 105 Å². The van der Waals surface area contributed by atoms with E-state index in [9.17, 15) is 19.7 Å². The van der Waals surface area contributed by atoms with Gasteiger partial charge in [-0.2, -0.15) is 0 Å². The Labute approximate surface area is 250 Å². The van der Waals surface area contributed by atoms with Gasteiger partial charge in [0.25, 0.3) is 11.2 Å². The molecule has 0 saturated carbocycles. The number of nitro benzene ring substituents is 1. The minimum atomic E-state index is -0.976. The first kappa shape index (κ1) is 27.7. The lowest BCUT2D eigenvalue weighted by atomic mass is 10.0. The zero-order valence-electron chi connectivity index (χ0n) is 22.5. The highest BCUT2D eigenvalue weighted by molar-refractivity contribution is 9.10. The smallest absolute Gasteiger partial charge is 0.338 e. The largest absolute Gasteiger partial charge is 0.463 e. The number of ether oxygens (including phenoxy) is 3. The van der Waals surface area contributed by atoms with Gasteiger partial charge in [-0.1, -0.05) is 33.3 Å². The highest BCUT2D eigenvalue weighted by atomic mass is 79.9. The Bertz CT molecular complexity index is 2010. The van der Waals surface area contributed by atoms with Crippen LogP contribution in [0.1, 0.15) is 36.8 Å². The van der Waals surface area contributed by atoms with Crippen molar-refractivity contribution in [2.24, 2.45) is 4.99 Å². The summed E-state index contributed by atoms with van der Waals surface area (Å²) in [6, 6.07) is 10.4. The van der Waals surface area contributed by atoms with Gasteiger partial charge in [0.05, 0.1) is 27.3 Å². The van der Waals surface area contributed by atoms with E-state index >= 15 is 0 Å². The minimum Gasteiger partial charge on any atom is -0.463 e. The third-order valence-corrected chi connectivity index (χ3v) is 8.56. The first-order valence-corrected chi connectivity index (χ1v) is 14.4. The molecule has 214 valence electrons. The summed E-state index contributed by atoms with van der Waals surface area (Å²) >= 11 is 4.70. The Kier molecular flexibility index (Phi) is 7.07. The van der Waals surface area contributed by atoms with Crippen molar-refractivity contribution in [2.75, 3.05) is 13.4 Å². The topological polar surface area (TPSA) is 135 Å². The first-order valence-electron chi connectivity index (χ1n) is 12.8. The van der Waals surface area contributed by atoms with Gasteiger partial charge in [-0.05, 0) is 62.2 Å². The molecule has 2 aromatic carbocycles. The van der Waals surface area contributed by atoms with E-state index in [1.54, 1.807) is 50.3 Å². The van der Waals surface area contributed by atoms with Gasteiger partial charge in [0.15, 0.2) is 16.3 Å². The number of esters is 1. The molecule has 0 aliphatic carbocycles. The fourth-order valence-corrected chi connectivity index (χ4v) is 6.35. The van der Waals surface area contributed by atoms with Crippen LogP contribution in [0.3, 0.4) is 0 Å². The molecule has 2 aromatic heterocycles. The maximum Gasteiger partial charge on any atom is 0.338 e. The molecular weight excluding hydrogens is 630 g/mol. The Morgan fingerprint density at radius 2 is 1.98 bits per heavy atom. The summed E-state index contributed by atoms with van der Waals surface area (Å²) in [6.45, 7) is 5.43. The molecule has 6 rings (SSSR count). The molecule has 0 saturated heterocycles. The van der Waals surface area contributed by atoms with Gasteiger partial charge >= 0.3 is 5.97 Å². The van der Waals surface area contributed by atoms with Gasteiger partial charge in [0.1, 0.15) is 17.6 Å². The molecule has 4 aromatic rings. The van der Waals surface area contributed by atoms with Crippen LogP contribution in [0.2, 0.25) is 0 Å². The molecule has 2 aliphatic heterocycles. The standard InChI is InChI=1S/C29H22BrN3O8S/c1-4-38-28(35)25-15(3)31-29-32(27(34)24(42-29)10-16-9-22-23(12-19(16)30)40-13-39-22)26(25)21-8-7-20(41-21)18-11-17(33(36)37)6-5-14(18)2/h5-12,26H,4,13H2,1-3H3/b24-10-/t26-/m0/s1. The summed E-state index contributed by atoms with van der Waals surface area (Å²) in [5.74, 6) is 1.18. The number of nitro groups is 1. The third kappa shape index (κ3) is 4.73. The molecule has 4 heterocycles. The van der Waals surface area contributed by atoms with Gasteiger partial charge in [0, 0.05) is 22.2 Å². The predicted octanol–water partition coefficient (Wildman–Crippen LogP) is 4.77. The number of hydrogen-bond donors (Lipinski definition) is 0. The van der Waals surface area contributed by atoms with Crippen LogP contribution in [0.4, 0.5) is 5.69 Å². The van der Waals surface area contributed by atoms with Gasteiger partial charge in [-0.25, -0.2) is 9.79 Å². The number of aromatic nitrogens is 1. The number of nitrogens with zero attached hydrogens (tertiary/aromatic N) is 3. The van der Waals surface area contributed by atoms with Crippen LogP contribution in [0, 0.1) is 17.0 Å². The van der Waals surface area contributed by atoms with Crippen LogP contribution in [0.25, 0.3) is 17.4 Å². The molecule has 0 unspecified atom stereocenters. The van der Waals surface area contributed by atoms with Crippen LogP contribution in [0.15, 0.2) is 72.4 Å². The van der Waals surface area contributed by atoms with Crippen LogP contribution >= 0.6 is 27.3 Å². The van der Waals surface area contributed by atoms with Gasteiger partial charge < -0.3 is 18.6 Å². The summed E-state index contributed by atoms with van der Waals surface area (Å²) < 4.78 is 25.0. The summed E-state index contributed by atoms with van der Waals surface area (Å²) in [6.07, 6.45) is 1.72. The fourth-order valence-electron chi connectivity index (χ4n) is 4.88. The van der Waals surface area contributed by atoms with E-state index in [4.69, 9.17) is 18.6 Å². The van der Waals surface area contributed by atoms with Gasteiger partial charge in [-0.15, -0.1) is 0 Å². The molecule has 2 aliphatic rings. The van der Waals surface area contributed by atoms with Crippen molar-refractivity contribution >= 4 is 45.0 Å². The normalized spacial score (nSPS) is 15.9. The van der Waals surface area contributed by atoms with Crippen LogP contribution < -0.4 is 24.4 Å². The van der Waals surface area contributed by atoms with Gasteiger partial charge in [-0.3, -0.25) is 19.5 Å². The van der Waals surface area contributed by atoms with E-state index in [-0.39, 0.29) is 36.0 Å². The second kappa shape index (κ2) is 10.7. The van der Waals surface area contributed by atoms with E-state index in [1.165, 1.54) is 28.0 Å². The number of furan rings is 1. The number of rotatable bonds is 6.